The van der Waals surface area contributed by atoms with E-state index in [2.05, 4.69) is 5.32 Å². The van der Waals surface area contributed by atoms with Crippen LogP contribution in [0, 0.1) is 0 Å². The van der Waals surface area contributed by atoms with Crippen LogP contribution in [0.4, 0.5) is 24.5 Å². The zero-order chi connectivity index (χ0) is 24.0. The number of hydrogen-bond donors (Lipinski definition) is 1. The number of ether oxygens (including phenoxy) is 2. The van der Waals surface area contributed by atoms with E-state index in [0.29, 0.717) is 18.8 Å². The average molecular weight is 462 g/mol. The molecule has 0 amide bonds. The molecule has 2 aromatic carbocycles. The van der Waals surface area contributed by atoms with Crippen LogP contribution in [0.1, 0.15) is 30.5 Å². The number of anilines is 2. The van der Waals surface area contributed by atoms with Gasteiger partial charge in [0.15, 0.2) is 5.57 Å². The van der Waals surface area contributed by atoms with Gasteiger partial charge in [-0.05, 0) is 49.6 Å². The lowest BCUT2D eigenvalue weighted by atomic mass is 9.99. The number of halogens is 3. The molecule has 1 aliphatic heterocycles. The standard InChI is InChI=1S/C24H25F3N2O4/c1-3-32-22(30)19(23(31)33-4-2)14-28-20-13-18(24(25,26)27)9-10-21(20)29-12-11-16-7-5-6-8-17(16)15-29/h5-10,13-14,28H,3-4,11-12,15H2,1-2H3. The zero-order valence-corrected chi connectivity index (χ0v) is 18.4. The minimum Gasteiger partial charge on any atom is -0.462 e. The predicted octanol–water partition coefficient (Wildman–Crippen LogP) is 4.69. The first kappa shape index (κ1) is 24.2. The number of benzene rings is 2. The lowest BCUT2D eigenvalue weighted by molar-refractivity contribution is -0.146. The highest BCUT2D eigenvalue weighted by atomic mass is 19.4. The maximum absolute atomic E-state index is 13.4. The van der Waals surface area contributed by atoms with Crippen LogP contribution in [-0.2, 0) is 38.2 Å². The Kier molecular flexibility index (Phi) is 7.63. The molecular weight excluding hydrogens is 437 g/mol. The van der Waals surface area contributed by atoms with Crippen molar-refractivity contribution in [2.45, 2.75) is 33.0 Å². The Balaban J connectivity index is 1.98. The Morgan fingerprint density at radius 1 is 1.03 bits per heavy atom. The fourth-order valence-corrected chi connectivity index (χ4v) is 3.57. The monoisotopic (exact) mass is 462 g/mol. The van der Waals surface area contributed by atoms with Gasteiger partial charge in [0.1, 0.15) is 0 Å². The van der Waals surface area contributed by atoms with Crippen molar-refractivity contribution in [1.82, 2.24) is 0 Å². The van der Waals surface area contributed by atoms with Gasteiger partial charge in [0.05, 0.1) is 30.2 Å². The highest BCUT2D eigenvalue weighted by Crippen LogP contribution is 2.37. The van der Waals surface area contributed by atoms with Gasteiger partial charge in [-0.3, -0.25) is 0 Å². The van der Waals surface area contributed by atoms with Gasteiger partial charge < -0.3 is 19.7 Å². The number of carbonyl (C=O) groups excluding carboxylic acids is 2. The smallest absolute Gasteiger partial charge is 0.416 e. The summed E-state index contributed by atoms with van der Waals surface area (Å²) in [4.78, 5) is 26.4. The number of hydrogen-bond acceptors (Lipinski definition) is 6. The summed E-state index contributed by atoms with van der Waals surface area (Å²) in [6.07, 6.45) is -2.78. The Labute approximate surface area is 190 Å². The van der Waals surface area contributed by atoms with Gasteiger partial charge in [-0.1, -0.05) is 24.3 Å². The van der Waals surface area contributed by atoms with Crippen LogP contribution in [0.2, 0.25) is 0 Å². The Hall–Kier alpha value is -3.49. The molecule has 0 aliphatic carbocycles. The second kappa shape index (κ2) is 10.4. The van der Waals surface area contributed by atoms with Crippen LogP contribution in [0.15, 0.2) is 54.2 Å². The first-order valence-electron chi connectivity index (χ1n) is 10.6. The van der Waals surface area contributed by atoms with Crippen molar-refractivity contribution in [3.8, 4) is 0 Å². The topological polar surface area (TPSA) is 67.9 Å². The fourth-order valence-electron chi connectivity index (χ4n) is 3.57. The molecule has 33 heavy (non-hydrogen) atoms. The molecule has 0 fully saturated rings. The number of rotatable bonds is 7. The maximum atomic E-state index is 13.4. The predicted molar refractivity (Wildman–Crippen MR) is 118 cm³/mol. The first-order valence-corrected chi connectivity index (χ1v) is 10.6. The highest BCUT2D eigenvalue weighted by molar-refractivity contribution is 6.14. The Morgan fingerprint density at radius 2 is 1.67 bits per heavy atom. The third kappa shape index (κ3) is 5.85. The van der Waals surface area contributed by atoms with Gasteiger partial charge in [-0.25, -0.2) is 9.59 Å². The summed E-state index contributed by atoms with van der Waals surface area (Å²) in [7, 11) is 0. The number of carbonyl (C=O) groups is 2. The molecule has 0 atom stereocenters. The minimum absolute atomic E-state index is 0.0254. The molecule has 1 heterocycles. The molecule has 0 saturated carbocycles. The number of nitrogens with zero attached hydrogens (tertiary/aromatic N) is 1. The third-order valence-corrected chi connectivity index (χ3v) is 5.16. The Bertz CT molecular complexity index is 1030. The first-order chi connectivity index (χ1) is 15.7. The van der Waals surface area contributed by atoms with Crippen molar-refractivity contribution in [3.63, 3.8) is 0 Å². The van der Waals surface area contributed by atoms with E-state index < -0.39 is 29.3 Å². The van der Waals surface area contributed by atoms with Crippen LogP contribution in [0.3, 0.4) is 0 Å². The summed E-state index contributed by atoms with van der Waals surface area (Å²) >= 11 is 0. The second-order valence-corrected chi connectivity index (χ2v) is 7.31. The largest absolute Gasteiger partial charge is 0.462 e. The summed E-state index contributed by atoms with van der Waals surface area (Å²) in [5.74, 6) is -1.85. The van der Waals surface area contributed by atoms with Crippen molar-refractivity contribution in [2.75, 3.05) is 30.0 Å². The highest BCUT2D eigenvalue weighted by Gasteiger charge is 2.32. The zero-order valence-electron chi connectivity index (χ0n) is 18.4. The molecule has 0 saturated heterocycles. The van der Waals surface area contributed by atoms with Crippen LogP contribution in [0.25, 0.3) is 0 Å². The van der Waals surface area contributed by atoms with E-state index in [1.54, 1.807) is 13.8 Å². The summed E-state index contributed by atoms with van der Waals surface area (Å²) < 4.78 is 49.9. The van der Waals surface area contributed by atoms with Crippen molar-refractivity contribution in [1.29, 1.82) is 0 Å². The van der Waals surface area contributed by atoms with Crippen LogP contribution >= 0.6 is 0 Å². The minimum atomic E-state index is -4.56. The SMILES string of the molecule is CCOC(=O)C(=CNc1cc(C(F)(F)F)ccc1N1CCc2ccccc2C1)C(=O)OCC. The molecule has 1 N–H and O–H groups in total. The normalized spacial score (nSPS) is 13.1. The second-order valence-electron chi connectivity index (χ2n) is 7.31. The molecule has 2 aromatic rings. The average Bonchev–Trinajstić information content (AvgIpc) is 2.78. The van der Waals surface area contributed by atoms with E-state index in [1.807, 2.05) is 29.2 Å². The van der Waals surface area contributed by atoms with Gasteiger partial charge in [0.2, 0.25) is 0 Å². The van der Waals surface area contributed by atoms with E-state index in [9.17, 15) is 22.8 Å². The fraction of sp³-hybridized carbons (Fsp3) is 0.333. The van der Waals surface area contributed by atoms with E-state index in [1.165, 1.54) is 11.6 Å². The molecule has 9 heteroatoms. The number of nitrogens with one attached hydrogen (secondary N) is 1. The molecule has 6 nitrogen and oxygen atoms in total. The lowest BCUT2D eigenvalue weighted by Crippen LogP contribution is -2.31. The molecule has 3 rings (SSSR count). The van der Waals surface area contributed by atoms with Crippen LogP contribution in [-0.4, -0.2) is 31.7 Å². The third-order valence-electron chi connectivity index (χ3n) is 5.16. The van der Waals surface area contributed by atoms with Crippen molar-refractivity contribution in [2.24, 2.45) is 0 Å². The molecular formula is C24H25F3N2O4. The van der Waals surface area contributed by atoms with Gasteiger partial charge in [-0.2, -0.15) is 13.2 Å². The molecule has 0 unspecified atom stereocenters. The summed E-state index contributed by atoms with van der Waals surface area (Å²) in [5, 5.41) is 2.72. The molecule has 176 valence electrons. The summed E-state index contributed by atoms with van der Waals surface area (Å²) in [6.45, 7) is 4.32. The number of fused-ring (bicyclic) bond motifs is 1. The van der Waals surface area contributed by atoms with Crippen LogP contribution < -0.4 is 10.2 Å². The molecule has 0 aromatic heterocycles. The van der Waals surface area contributed by atoms with E-state index in [0.717, 1.165) is 30.3 Å². The van der Waals surface area contributed by atoms with Crippen LogP contribution in [0.5, 0.6) is 0 Å². The van der Waals surface area contributed by atoms with E-state index >= 15 is 0 Å². The van der Waals surface area contributed by atoms with E-state index in [-0.39, 0.29) is 18.9 Å². The molecule has 0 spiro atoms. The van der Waals surface area contributed by atoms with Gasteiger partial charge in [0.25, 0.3) is 0 Å². The maximum Gasteiger partial charge on any atom is 0.416 e. The van der Waals surface area contributed by atoms with Crippen molar-refractivity contribution < 1.29 is 32.2 Å². The summed E-state index contributed by atoms with van der Waals surface area (Å²) in [5.41, 5.74) is 1.61. The molecule has 1 aliphatic rings. The summed E-state index contributed by atoms with van der Waals surface area (Å²) in [6, 6.07) is 11.3. The van der Waals surface area contributed by atoms with Crippen molar-refractivity contribution in [3.05, 3.63) is 70.9 Å². The van der Waals surface area contributed by atoms with Crippen molar-refractivity contribution >= 4 is 23.3 Å². The Morgan fingerprint density at radius 3 is 2.27 bits per heavy atom. The van der Waals surface area contributed by atoms with Gasteiger partial charge in [0, 0.05) is 19.3 Å². The number of alkyl halides is 3. The van der Waals surface area contributed by atoms with Gasteiger partial charge >= 0.3 is 18.1 Å². The molecule has 0 radical (unpaired) electrons. The van der Waals surface area contributed by atoms with E-state index in [4.69, 9.17) is 9.47 Å². The van der Waals surface area contributed by atoms with Gasteiger partial charge in [-0.15, -0.1) is 0 Å². The molecule has 0 bridgehead atoms. The number of esters is 2. The lowest BCUT2D eigenvalue weighted by Gasteiger charge is -2.32. The quantitative estimate of drug-likeness (QED) is 0.279.